The van der Waals surface area contributed by atoms with E-state index in [2.05, 4.69) is 4.98 Å². The maximum absolute atomic E-state index is 12.2. The van der Waals surface area contributed by atoms with Crippen LogP contribution in [-0.4, -0.2) is 22.3 Å². The van der Waals surface area contributed by atoms with Crippen LogP contribution in [0.1, 0.15) is 37.0 Å². The first kappa shape index (κ1) is 17.4. The summed E-state index contributed by atoms with van der Waals surface area (Å²) in [5.74, 6) is 0.136. The van der Waals surface area contributed by atoms with Gasteiger partial charge in [0.05, 0.1) is 17.1 Å². The molecule has 1 amide bonds. The van der Waals surface area contributed by atoms with E-state index in [4.69, 9.17) is 0 Å². The molecule has 4 heteroatoms. The van der Waals surface area contributed by atoms with Gasteiger partial charge in [-0.1, -0.05) is 44.2 Å². The Labute approximate surface area is 131 Å². The number of likely N-dealkylation sites (N-methyl/N-ethyl adjacent to an activating group) is 1. The lowest BCUT2D eigenvalue weighted by molar-refractivity contribution is -0.130. The van der Waals surface area contributed by atoms with E-state index in [0.29, 0.717) is 13.0 Å². The molecule has 0 aliphatic rings. The van der Waals surface area contributed by atoms with E-state index in [9.17, 15) is 4.79 Å². The molecule has 0 N–H and O–H groups in total. The Morgan fingerprint density at radius 2 is 1.90 bits per heavy atom. The molecule has 0 aliphatic heterocycles. The highest BCUT2D eigenvalue weighted by Crippen LogP contribution is 2.11. The van der Waals surface area contributed by atoms with Crippen LogP contribution in [0.4, 0.5) is 0 Å². The molecule has 1 aromatic carbocycles. The van der Waals surface area contributed by atoms with Crippen LogP contribution in [0.15, 0.2) is 35.7 Å². The van der Waals surface area contributed by atoms with Gasteiger partial charge in [0.25, 0.3) is 0 Å². The van der Waals surface area contributed by atoms with Crippen LogP contribution >= 0.6 is 11.3 Å². The third-order valence-electron chi connectivity index (χ3n) is 2.95. The van der Waals surface area contributed by atoms with Gasteiger partial charge in [-0.3, -0.25) is 4.79 Å². The van der Waals surface area contributed by atoms with Crippen molar-refractivity contribution in [1.29, 1.82) is 0 Å². The van der Waals surface area contributed by atoms with Crippen LogP contribution in [0.3, 0.4) is 0 Å². The minimum atomic E-state index is 0.136. The second-order valence-electron chi connectivity index (χ2n) is 4.43. The molecule has 0 bridgehead atoms. The zero-order valence-corrected chi connectivity index (χ0v) is 14.1. The molecule has 2 rings (SSSR count). The van der Waals surface area contributed by atoms with Crippen LogP contribution in [0, 0.1) is 6.92 Å². The number of benzene rings is 1. The molecule has 0 radical (unpaired) electrons. The van der Waals surface area contributed by atoms with Crippen molar-refractivity contribution in [3.63, 3.8) is 0 Å². The van der Waals surface area contributed by atoms with Crippen LogP contribution < -0.4 is 0 Å². The second-order valence-corrected chi connectivity index (χ2v) is 5.49. The predicted octanol–water partition coefficient (Wildman–Crippen LogP) is 4.07. The van der Waals surface area contributed by atoms with Gasteiger partial charge in [-0.05, 0) is 19.4 Å². The summed E-state index contributed by atoms with van der Waals surface area (Å²) in [7, 11) is 0. The average Bonchev–Trinajstić information content (AvgIpc) is 2.93. The number of aryl methyl sites for hydroxylation is 1. The highest BCUT2D eigenvalue weighted by molar-refractivity contribution is 7.09. The highest BCUT2D eigenvalue weighted by atomic mass is 32.1. The minimum absolute atomic E-state index is 0.136. The topological polar surface area (TPSA) is 33.2 Å². The zero-order valence-electron chi connectivity index (χ0n) is 13.3. The van der Waals surface area contributed by atoms with Crippen LogP contribution in [0.25, 0.3) is 0 Å². The fraction of sp³-hybridized carbons (Fsp3) is 0.412. The SMILES string of the molecule is CC.CCN(Cc1ccccc1)C(=O)Cc1csc(C)n1. The number of carbonyl (C=O) groups is 1. The quantitative estimate of drug-likeness (QED) is 0.834. The summed E-state index contributed by atoms with van der Waals surface area (Å²) in [6.45, 7) is 9.35. The molecular formula is C17H24N2OS. The summed E-state index contributed by atoms with van der Waals surface area (Å²) < 4.78 is 0. The molecule has 2 aromatic rings. The number of amides is 1. The smallest absolute Gasteiger partial charge is 0.228 e. The van der Waals surface area contributed by atoms with E-state index in [1.807, 2.05) is 68.3 Å². The summed E-state index contributed by atoms with van der Waals surface area (Å²) in [6.07, 6.45) is 0.394. The molecule has 0 atom stereocenters. The summed E-state index contributed by atoms with van der Waals surface area (Å²) in [5.41, 5.74) is 2.03. The van der Waals surface area contributed by atoms with Crippen molar-refractivity contribution in [2.75, 3.05) is 6.54 Å². The van der Waals surface area contributed by atoms with Crippen LogP contribution in [-0.2, 0) is 17.8 Å². The van der Waals surface area contributed by atoms with Gasteiger partial charge >= 0.3 is 0 Å². The zero-order chi connectivity index (χ0) is 15.7. The van der Waals surface area contributed by atoms with Crippen molar-refractivity contribution < 1.29 is 4.79 Å². The third-order valence-corrected chi connectivity index (χ3v) is 3.77. The largest absolute Gasteiger partial charge is 0.338 e. The van der Waals surface area contributed by atoms with Crippen molar-refractivity contribution in [2.45, 2.75) is 40.7 Å². The summed E-state index contributed by atoms with van der Waals surface area (Å²) in [6, 6.07) is 10.1. The summed E-state index contributed by atoms with van der Waals surface area (Å²) in [5, 5.41) is 2.97. The molecule has 1 heterocycles. The van der Waals surface area contributed by atoms with E-state index < -0.39 is 0 Å². The van der Waals surface area contributed by atoms with Crippen molar-refractivity contribution >= 4 is 17.2 Å². The number of carbonyl (C=O) groups excluding carboxylic acids is 1. The Kier molecular flexibility index (Phi) is 7.69. The third kappa shape index (κ3) is 5.68. The fourth-order valence-electron chi connectivity index (χ4n) is 1.94. The molecule has 0 aliphatic carbocycles. The van der Waals surface area contributed by atoms with Gasteiger partial charge in [-0.2, -0.15) is 0 Å². The normalized spacial score (nSPS) is 9.71. The predicted molar refractivity (Wildman–Crippen MR) is 89.4 cm³/mol. The molecule has 0 saturated heterocycles. The minimum Gasteiger partial charge on any atom is -0.338 e. The molecule has 21 heavy (non-hydrogen) atoms. The first-order valence-corrected chi connectivity index (χ1v) is 8.29. The van der Waals surface area contributed by atoms with Crippen LogP contribution in [0.5, 0.6) is 0 Å². The Hall–Kier alpha value is -1.68. The number of aromatic nitrogens is 1. The Morgan fingerprint density at radius 1 is 1.24 bits per heavy atom. The molecule has 3 nitrogen and oxygen atoms in total. The van der Waals surface area contributed by atoms with Crippen molar-refractivity contribution in [1.82, 2.24) is 9.88 Å². The Balaban J connectivity index is 0.00000106. The molecule has 0 saturated carbocycles. The van der Waals surface area contributed by atoms with E-state index in [1.165, 1.54) is 0 Å². The number of nitrogens with zero attached hydrogens (tertiary/aromatic N) is 2. The van der Waals surface area contributed by atoms with E-state index >= 15 is 0 Å². The van der Waals surface area contributed by atoms with Gasteiger partial charge in [0.15, 0.2) is 0 Å². The molecule has 1 aromatic heterocycles. The van der Waals surface area contributed by atoms with Gasteiger partial charge in [-0.15, -0.1) is 11.3 Å². The van der Waals surface area contributed by atoms with Gasteiger partial charge in [-0.25, -0.2) is 4.98 Å². The number of hydrogen-bond acceptors (Lipinski definition) is 3. The summed E-state index contributed by atoms with van der Waals surface area (Å²) in [4.78, 5) is 18.5. The lowest BCUT2D eigenvalue weighted by Crippen LogP contribution is -2.31. The number of hydrogen-bond donors (Lipinski definition) is 0. The average molecular weight is 304 g/mol. The van der Waals surface area contributed by atoms with Gasteiger partial charge < -0.3 is 4.90 Å². The van der Waals surface area contributed by atoms with E-state index in [1.54, 1.807) is 11.3 Å². The van der Waals surface area contributed by atoms with Crippen molar-refractivity contribution in [2.24, 2.45) is 0 Å². The number of rotatable bonds is 5. The number of thiazole rings is 1. The lowest BCUT2D eigenvalue weighted by atomic mass is 10.2. The lowest BCUT2D eigenvalue weighted by Gasteiger charge is -2.20. The first-order chi connectivity index (χ1) is 10.2. The Bertz CT molecular complexity index is 537. The van der Waals surface area contributed by atoms with E-state index in [-0.39, 0.29) is 5.91 Å². The molecular weight excluding hydrogens is 280 g/mol. The highest BCUT2D eigenvalue weighted by Gasteiger charge is 2.14. The van der Waals surface area contributed by atoms with Gasteiger partial charge in [0, 0.05) is 18.5 Å². The molecule has 0 fully saturated rings. The first-order valence-electron chi connectivity index (χ1n) is 7.41. The molecule has 114 valence electrons. The van der Waals surface area contributed by atoms with Crippen molar-refractivity contribution in [3.8, 4) is 0 Å². The second kappa shape index (κ2) is 9.29. The van der Waals surface area contributed by atoms with Crippen molar-refractivity contribution in [3.05, 3.63) is 52.0 Å². The standard InChI is InChI=1S/C15H18N2OS.C2H6/c1-3-17(10-13-7-5-4-6-8-13)15(18)9-14-11-19-12(2)16-14;1-2/h4-8,11H,3,9-10H2,1-2H3;1-2H3. The Morgan fingerprint density at radius 3 is 2.43 bits per heavy atom. The summed E-state index contributed by atoms with van der Waals surface area (Å²) >= 11 is 1.59. The van der Waals surface area contributed by atoms with Gasteiger partial charge in [0.1, 0.15) is 0 Å². The van der Waals surface area contributed by atoms with E-state index in [0.717, 1.165) is 22.8 Å². The molecule has 0 unspecified atom stereocenters. The monoisotopic (exact) mass is 304 g/mol. The maximum Gasteiger partial charge on any atom is 0.228 e. The van der Waals surface area contributed by atoms with Crippen LogP contribution in [0.2, 0.25) is 0 Å². The van der Waals surface area contributed by atoms with Gasteiger partial charge in [0.2, 0.25) is 5.91 Å². The molecule has 0 spiro atoms. The maximum atomic E-state index is 12.2. The fourth-order valence-corrected chi connectivity index (χ4v) is 2.55.